The van der Waals surface area contributed by atoms with Crippen LogP contribution < -0.4 is 9.47 Å². The predicted octanol–water partition coefficient (Wildman–Crippen LogP) is 6.28. The van der Waals surface area contributed by atoms with Gasteiger partial charge in [0.2, 0.25) is 0 Å². The molecule has 34 heavy (non-hydrogen) atoms. The number of carbonyl (C=O) groups excluding carboxylic acids is 2. The lowest BCUT2D eigenvalue weighted by Gasteiger charge is -2.13. The second kappa shape index (κ2) is 10.6. The van der Waals surface area contributed by atoms with Gasteiger partial charge in [-0.05, 0) is 35.9 Å². The van der Waals surface area contributed by atoms with Gasteiger partial charge in [0.15, 0.2) is 11.5 Å². The molecule has 0 aliphatic carbocycles. The number of benzene rings is 2. The summed E-state index contributed by atoms with van der Waals surface area (Å²) < 4.78 is 17.3. The number of esters is 1. The summed E-state index contributed by atoms with van der Waals surface area (Å²) in [6.45, 7) is 0.785. The lowest BCUT2D eigenvalue weighted by molar-refractivity contribution is -0.122. The fourth-order valence-electron chi connectivity index (χ4n) is 3.20. The molecular weight excluding hydrogens is 537 g/mol. The van der Waals surface area contributed by atoms with E-state index in [0.717, 1.165) is 10.1 Å². The molecule has 4 rings (SSSR count). The highest BCUT2D eigenvalue weighted by atomic mass is 35.5. The van der Waals surface area contributed by atoms with Crippen LogP contribution in [-0.4, -0.2) is 48.5 Å². The lowest BCUT2D eigenvalue weighted by atomic mass is 10.2. The maximum atomic E-state index is 12.8. The molecule has 2 aromatic carbocycles. The zero-order valence-electron chi connectivity index (χ0n) is 17.9. The summed E-state index contributed by atoms with van der Waals surface area (Å²) >= 11 is 20.2. The van der Waals surface area contributed by atoms with E-state index in [4.69, 9.17) is 49.6 Å². The molecule has 0 N–H and O–H groups in total. The third-order valence-corrected chi connectivity index (χ3v) is 8.11. The molecule has 6 nitrogen and oxygen atoms in total. The molecule has 1 aromatic heterocycles. The number of halogens is 2. The van der Waals surface area contributed by atoms with E-state index in [-0.39, 0.29) is 16.5 Å². The van der Waals surface area contributed by atoms with Crippen molar-refractivity contribution in [3.8, 4) is 11.5 Å². The molecule has 1 aliphatic heterocycles. The first kappa shape index (κ1) is 25.0. The van der Waals surface area contributed by atoms with Crippen molar-refractivity contribution in [3.63, 3.8) is 0 Å². The summed E-state index contributed by atoms with van der Waals surface area (Å²) in [6.07, 6.45) is 1.72. The molecule has 3 aromatic rings. The monoisotopic (exact) mass is 553 g/mol. The maximum absolute atomic E-state index is 12.8. The number of hydrogen-bond acceptors (Lipinski definition) is 8. The van der Waals surface area contributed by atoms with Crippen LogP contribution in [0, 0.1) is 0 Å². The Kier molecular flexibility index (Phi) is 7.81. The third-order valence-electron chi connectivity index (χ3n) is 4.86. The van der Waals surface area contributed by atoms with Gasteiger partial charge in [0.25, 0.3) is 5.91 Å². The van der Waals surface area contributed by atoms with Crippen molar-refractivity contribution in [2.75, 3.05) is 27.4 Å². The van der Waals surface area contributed by atoms with Gasteiger partial charge in [-0.2, -0.15) is 0 Å². The average molecular weight is 554 g/mol. The molecule has 1 fully saturated rings. The molecule has 11 heteroatoms. The van der Waals surface area contributed by atoms with Crippen molar-refractivity contribution in [1.82, 2.24) is 4.90 Å². The molecule has 176 valence electrons. The van der Waals surface area contributed by atoms with Crippen LogP contribution in [0.1, 0.15) is 15.2 Å². The van der Waals surface area contributed by atoms with E-state index in [9.17, 15) is 9.59 Å². The molecule has 2 heterocycles. The number of ether oxygens (including phenoxy) is 3. The van der Waals surface area contributed by atoms with Crippen molar-refractivity contribution >= 4 is 90.9 Å². The number of nitrogens with zero attached hydrogens (tertiary/aromatic N) is 1. The number of hydrogen-bond donors (Lipinski definition) is 0. The van der Waals surface area contributed by atoms with Crippen LogP contribution in [0.25, 0.3) is 16.2 Å². The molecule has 1 amide bonds. The minimum absolute atomic E-state index is 0.180. The Hall–Kier alpha value is -2.14. The van der Waals surface area contributed by atoms with Gasteiger partial charge in [-0.25, -0.2) is 4.79 Å². The van der Waals surface area contributed by atoms with Crippen LogP contribution in [0.2, 0.25) is 10.0 Å². The minimum atomic E-state index is -0.604. The van der Waals surface area contributed by atoms with Crippen LogP contribution in [-0.2, 0) is 9.53 Å². The topological polar surface area (TPSA) is 65.1 Å². The number of thioether (sulfide) groups is 1. The Labute approximate surface area is 219 Å². The molecule has 1 aliphatic rings. The van der Waals surface area contributed by atoms with E-state index in [2.05, 4.69) is 0 Å². The number of rotatable bonds is 7. The highest BCUT2D eigenvalue weighted by Crippen LogP contribution is 2.39. The molecule has 0 saturated carbocycles. The zero-order valence-corrected chi connectivity index (χ0v) is 21.9. The quantitative estimate of drug-likeness (QED) is 0.147. The van der Waals surface area contributed by atoms with E-state index >= 15 is 0 Å². The highest BCUT2D eigenvalue weighted by Gasteiger charge is 2.31. The van der Waals surface area contributed by atoms with Crippen LogP contribution >= 0.6 is 58.5 Å². The van der Waals surface area contributed by atoms with E-state index < -0.39 is 5.97 Å². The second-order valence-corrected chi connectivity index (χ2v) is 10.6. The van der Waals surface area contributed by atoms with Gasteiger partial charge in [0, 0.05) is 22.2 Å². The fourth-order valence-corrected chi connectivity index (χ4v) is 6.17. The molecule has 0 radical (unpaired) electrons. The number of thiophene rings is 1. The van der Waals surface area contributed by atoms with Gasteiger partial charge in [0.1, 0.15) is 9.20 Å². The Bertz CT molecular complexity index is 1340. The van der Waals surface area contributed by atoms with E-state index in [0.29, 0.717) is 43.7 Å². The first-order valence-electron chi connectivity index (χ1n) is 9.84. The zero-order chi connectivity index (χ0) is 24.4. The van der Waals surface area contributed by atoms with E-state index in [1.165, 1.54) is 35.1 Å². The number of thiocarbonyl (C=S) groups is 1. The van der Waals surface area contributed by atoms with E-state index in [1.807, 2.05) is 0 Å². The summed E-state index contributed by atoms with van der Waals surface area (Å²) in [5.41, 5.74) is 0.693. The molecule has 1 saturated heterocycles. The van der Waals surface area contributed by atoms with Crippen LogP contribution in [0.15, 0.2) is 41.3 Å². The number of methoxy groups -OCH3 is 2. The minimum Gasteiger partial charge on any atom is -0.493 e. The first-order chi connectivity index (χ1) is 16.3. The van der Waals surface area contributed by atoms with Gasteiger partial charge in [-0.15, -0.1) is 11.3 Å². The Morgan fingerprint density at radius 2 is 1.94 bits per heavy atom. The SMILES string of the molecule is COCCN1C(=O)C(=Cc2ccc(OC(=O)c3sc4cc(Cl)ccc4c3Cl)c(OC)c2)SC1=S. The fraction of sp³-hybridized carbons (Fsp3) is 0.174. The normalized spacial score (nSPS) is 14.9. The number of amides is 1. The Balaban J connectivity index is 1.56. The standard InChI is InChI=1S/C23H17Cl2NO5S3/c1-29-8-7-26-21(27)18(34-23(26)32)10-12-3-6-15(16(9-12)30-2)31-22(28)20-19(25)14-5-4-13(24)11-17(14)33-20/h3-6,9-11H,7-8H2,1-2H3. The molecule has 0 spiro atoms. The summed E-state index contributed by atoms with van der Waals surface area (Å²) in [7, 11) is 3.04. The molecule has 0 unspecified atom stereocenters. The number of fused-ring (bicyclic) bond motifs is 1. The molecular formula is C23H17Cl2NO5S3. The first-order valence-corrected chi connectivity index (χ1v) is 12.6. The second-order valence-electron chi connectivity index (χ2n) is 7.01. The van der Waals surface area contributed by atoms with Crippen LogP contribution in [0.5, 0.6) is 11.5 Å². The summed E-state index contributed by atoms with van der Waals surface area (Å²) in [5, 5.41) is 1.60. The maximum Gasteiger partial charge on any atom is 0.355 e. The third kappa shape index (κ3) is 5.10. The Morgan fingerprint density at radius 3 is 2.68 bits per heavy atom. The van der Waals surface area contributed by atoms with Gasteiger partial charge in [0.05, 0.1) is 30.2 Å². The van der Waals surface area contributed by atoms with Gasteiger partial charge >= 0.3 is 5.97 Å². The van der Waals surface area contributed by atoms with Crippen molar-refractivity contribution < 1.29 is 23.8 Å². The van der Waals surface area contributed by atoms with Crippen LogP contribution in [0.4, 0.5) is 0 Å². The van der Waals surface area contributed by atoms with Crippen molar-refractivity contribution in [2.24, 2.45) is 0 Å². The van der Waals surface area contributed by atoms with Crippen molar-refractivity contribution in [1.29, 1.82) is 0 Å². The van der Waals surface area contributed by atoms with Gasteiger partial charge in [-0.1, -0.05) is 59.3 Å². The van der Waals surface area contributed by atoms with E-state index in [1.54, 1.807) is 49.6 Å². The average Bonchev–Trinajstić information content (AvgIpc) is 3.28. The number of carbonyl (C=O) groups is 2. The summed E-state index contributed by atoms with van der Waals surface area (Å²) in [5.74, 6) is -0.227. The predicted molar refractivity (Wildman–Crippen MR) is 142 cm³/mol. The van der Waals surface area contributed by atoms with Gasteiger partial charge in [-0.3, -0.25) is 9.69 Å². The summed E-state index contributed by atoms with van der Waals surface area (Å²) in [6, 6.07) is 10.2. The highest BCUT2D eigenvalue weighted by molar-refractivity contribution is 8.26. The van der Waals surface area contributed by atoms with Crippen molar-refractivity contribution in [2.45, 2.75) is 0 Å². The van der Waals surface area contributed by atoms with Crippen LogP contribution in [0.3, 0.4) is 0 Å². The van der Waals surface area contributed by atoms with Gasteiger partial charge < -0.3 is 14.2 Å². The smallest absolute Gasteiger partial charge is 0.355 e. The Morgan fingerprint density at radius 1 is 1.15 bits per heavy atom. The lowest BCUT2D eigenvalue weighted by Crippen LogP contribution is -2.31. The molecule has 0 atom stereocenters. The largest absolute Gasteiger partial charge is 0.493 e. The van der Waals surface area contributed by atoms with Crippen molar-refractivity contribution in [3.05, 3.63) is 61.8 Å². The summed E-state index contributed by atoms with van der Waals surface area (Å²) in [4.78, 5) is 27.8. The molecule has 0 bridgehead atoms.